The SMILES string of the molecule is CCCCCCc1cc(-c2cccc3c2[nH]c2c4ccccc4[nH]c32)sc1-c1cccs1. The van der Waals surface area contributed by atoms with E-state index in [2.05, 4.69) is 82.9 Å². The maximum absolute atomic E-state index is 3.77. The van der Waals surface area contributed by atoms with Crippen LogP contribution in [0.2, 0.25) is 0 Å². The van der Waals surface area contributed by atoms with Crippen molar-refractivity contribution in [1.82, 2.24) is 9.97 Å². The minimum absolute atomic E-state index is 1.16. The molecule has 0 aliphatic rings. The number of thiophene rings is 2. The fourth-order valence-corrected chi connectivity index (χ4v) is 6.94. The molecule has 0 unspecified atom stereocenters. The Balaban J connectivity index is 1.48. The first kappa shape index (κ1) is 19.8. The van der Waals surface area contributed by atoms with Crippen LogP contribution in [0.25, 0.3) is 53.0 Å². The van der Waals surface area contributed by atoms with Crippen LogP contribution in [0.15, 0.2) is 66.0 Å². The van der Waals surface area contributed by atoms with E-state index >= 15 is 0 Å². The van der Waals surface area contributed by atoms with Crippen molar-refractivity contribution in [3.63, 3.8) is 0 Å². The van der Waals surface area contributed by atoms with Crippen molar-refractivity contribution >= 4 is 55.5 Å². The second kappa shape index (κ2) is 8.27. The van der Waals surface area contributed by atoms with Gasteiger partial charge in [0.1, 0.15) is 0 Å². The van der Waals surface area contributed by atoms with E-state index in [9.17, 15) is 0 Å². The summed E-state index contributed by atoms with van der Waals surface area (Å²) in [6.07, 6.45) is 6.35. The number of hydrogen-bond donors (Lipinski definition) is 2. The van der Waals surface area contributed by atoms with Crippen molar-refractivity contribution < 1.29 is 0 Å². The highest BCUT2D eigenvalue weighted by Gasteiger charge is 2.17. The fraction of sp³-hybridized carbons (Fsp3) is 0.214. The van der Waals surface area contributed by atoms with Crippen LogP contribution in [0.1, 0.15) is 38.2 Å². The Morgan fingerprint density at radius 2 is 1.62 bits per heavy atom. The Morgan fingerprint density at radius 1 is 0.750 bits per heavy atom. The molecule has 4 heteroatoms. The molecule has 0 aliphatic heterocycles. The highest BCUT2D eigenvalue weighted by atomic mass is 32.1. The smallest absolute Gasteiger partial charge is 0.0725 e. The first-order valence-corrected chi connectivity index (χ1v) is 13.2. The van der Waals surface area contributed by atoms with Gasteiger partial charge in [0.05, 0.1) is 16.6 Å². The average Bonchev–Trinajstić information content (AvgIpc) is 3.59. The average molecular weight is 455 g/mol. The zero-order chi connectivity index (χ0) is 21.5. The molecule has 4 heterocycles. The Morgan fingerprint density at radius 3 is 2.50 bits per heavy atom. The standard InChI is InChI=1S/C28H26N2S2/c1-2-3-4-5-10-18-17-24(32-28(18)23-15-9-16-31-23)20-12-8-13-21-25(20)30-26-19-11-6-7-14-22(19)29-27(21)26/h6-9,11-17,29-30H,2-5,10H2,1H3. The molecule has 0 saturated heterocycles. The Labute approximate surface area is 195 Å². The molecule has 0 amide bonds. The Bertz CT molecular complexity index is 1510. The van der Waals surface area contributed by atoms with E-state index < -0.39 is 0 Å². The first-order valence-electron chi connectivity index (χ1n) is 11.5. The van der Waals surface area contributed by atoms with Crippen molar-refractivity contribution in [3.8, 4) is 20.2 Å². The molecule has 4 aromatic heterocycles. The second-order valence-corrected chi connectivity index (χ2v) is 10.5. The molecule has 0 spiro atoms. The van der Waals surface area contributed by atoms with E-state index in [1.165, 1.54) is 84.3 Å². The summed E-state index contributed by atoms with van der Waals surface area (Å²) in [5.74, 6) is 0. The molecule has 160 valence electrons. The number of rotatable bonds is 7. The highest BCUT2D eigenvalue weighted by Crippen LogP contribution is 2.43. The van der Waals surface area contributed by atoms with Gasteiger partial charge in [0.2, 0.25) is 0 Å². The molecule has 2 nitrogen and oxygen atoms in total. The number of aromatic amines is 2. The van der Waals surface area contributed by atoms with Crippen LogP contribution in [0.3, 0.4) is 0 Å². The minimum atomic E-state index is 1.16. The molecule has 0 saturated carbocycles. The Kier molecular flexibility index (Phi) is 5.12. The van der Waals surface area contributed by atoms with Gasteiger partial charge in [-0.05, 0) is 42.0 Å². The van der Waals surface area contributed by atoms with Gasteiger partial charge in [0.25, 0.3) is 0 Å². The van der Waals surface area contributed by atoms with E-state index in [0.29, 0.717) is 0 Å². The first-order chi connectivity index (χ1) is 15.8. The van der Waals surface area contributed by atoms with Gasteiger partial charge in [-0.25, -0.2) is 0 Å². The van der Waals surface area contributed by atoms with Crippen LogP contribution in [0, 0.1) is 0 Å². The van der Waals surface area contributed by atoms with E-state index in [0.717, 1.165) is 6.42 Å². The number of benzene rings is 2. The predicted octanol–water partition coefficient (Wildman–Crippen LogP) is 9.38. The monoisotopic (exact) mass is 454 g/mol. The van der Waals surface area contributed by atoms with Crippen LogP contribution in [0.5, 0.6) is 0 Å². The lowest BCUT2D eigenvalue weighted by molar-refractivity contribution is 0.668. The topological polar surface area (TPSA) is 31.6 Å². The summed E-state index contributed by atoms with van der Waals surface area (Å²) in [6.45, 7) is 2.28. The number of unbranched alkanes of at least 4 members (excludes halogenated alkanes) is 3. The molecule has 0 fully saturated rings. The minimum Gasteiger partial charge on any atom is -0.353 e. The molecule has 0 bridgehead atoms. The number of aromatic nitrogens is 2. The van der Waals surface area contributed by atoms with Gasteiger partial charge in [-0.1, -0.05) is 68.7 Å². The lowest BCUT2D eigenvalue weighted by Crippen LogP contribution is -1.85. The molecule has 6 aromatic rings. The van der Waals surface area contributed by atoms with Crippen molar-refractivity contribution in [1.29, 1.82) is 0 Å². The number of para-hydroxylation sites is 2. The van der Waals surface area contributed by atoms with Crippen molar-refractivity contribution in [2.45, 2.75) is 39.0 Å². The van der Waals surface area contributed by atoms with Crippen LogP contribution < -0.4 is 0 Å². The largest absolute Gasteiger partial charge is 0.353 e. The third-order valence-electron chi connectivity index (χ3n) is 6.41. The van der Waals surface area contributed by atoms with E-state index in [1.807, 2.05) is 22.7 Å². The Hall–Kier alpha value is -2.82. The van der Waals surface area contributed by atoms with Gasteiger partial charge in [0, 0.05) is 36.5 Å². The lowest BCUT2D eigenvalue weighted by Gasteiger charge is -2.01. The summed E-state index contributed by atoms with van der Waals surface area (Å²) < 4.78 is 0. The molecule has 0 atom stereocenters. The zero-order valence-corrected chi connectivity index (χ0v) is 19.8. The summed E-state index contributed by atoms with van der Waals surface area (Å²) in [5.41, 5.74) is 7.64. The van der Waals surface area contributed by atoms with Crippen molar-refractivity contribution in [2.75, 3.05) is 0 Å². The van der Waals surface area contributed by atoms with E-state index in [1.54, 1.807) is 0 Å². The molecule has 0 aliphatic carbocycles. The van der Waals surface area contributed by atoms with Gasteiger partial charge in [-0.3, -0.25) is 0 Å². The fourth-order valence-electron chi connectivity index (χ4n) is 4.81. The normalized spacial score (nSPS) is 11.9. The molecule has 0 radical (unpaired) electrons. The van der Waals surface area contributed by atoms with Crippen molar-refractivity contribution in [3.05, 3.63) is 71.6 Å². The van der Waals surface area contributed by atoms with Gasteiger partial charge in [-0.15, -0.1) is 22.7 Å². The van der Waals surface area contributed by atoms with Crippen molar-refractivity contribution in [2.24, 2.45) is 0 Å². The van der Waals surface area contributed by atoms with Gasteiger partial charge >= 0.3 is 0 Å². The summed E-state index contributed by atoms with van der Waals surface area (Å²) >= 11 is 3.80. The third-order valence-corrected chi connectivity index (χ3v) is 8.67. The molecule has 2 aromatic carbocycles. The van der Waals surface area contributed by atoms with Gasteiger partial charge < -0.3 is 9.97 Å². The second-order valence-electron chi connectivity index (χ2n) is 8.53. The predicted molar refractivity (Wildman–Crippen MR) is 142 cm³/mol. The summed E-state index contributed by atoms with van der Waals surface area (Å²) in [7, 11) is 0. The highest BCUT2D eigenvalue weighted by molar-refractivity contribution is 7.23. The number of fused-ring (bicyclic) bond motifs is 5. The number of aryl methyl sites for hydroxylation is 1. The van der Waals surface area contributed by atoms with Crippen LogP contribution in [-0.4, -0.2) is 9.97 Å². The summed E-state index contributed by atoms with van der Waals surface area (Å²) in [6, 6.07) is 22.1. The molecule has 2 N–H and O–H groups in total. The van der Waals surface area contributed by atoms with Gasteiger partial charge in [0.15, 0.2) is 0 Å². The summed E-state index contributed by atoms with van der Waals surface area (Å²) in [4.78, 5) is 11.6. The number of hydrogen-bond acceptors (Lipinski definition) is 2. The molecular formula is C28H26N2S2. The number of H-pyrrole nitrogens is 2. The molecule has 6 rings (SSSR count). The van der Waals surface area contributed by atoms with Crippen LogP contribution in [-0.2, 0) is 6.42 Å². The van der Waals surface area contributed by atoms with E-state index in [4.69, 9.17) is 0 Å². The number of nitrogens with one attached hydrogen (secondary N) is 2. The lowest BCUT2D eigenvalue weighted by atomic mass is 10.0. The van der Waals surface area contributed by atoms with Crippen LogP contribution in [0.4, 0.5) is 0 Å². The molecule has 32 heavy (non-hydrogen) atoms. The maximum atomic E-state index is 3.77. The maximum Gasteiger partial charge on any atom is 0.0725 e. The van der Waals surface area contributed by atoms with Gasteiger partial charge in [-0.2, -0.15) is 0 Å². The summed E-state index contributed by atoms with van der Waals surface area (Å²) in [5, 5.41) is 4.71. The third kappa shape index (κ3) is 3.30. The quantitative estimate of drug-likeness (QED) is 0.225. The molecular weight excluding hydrogens is 428 g/mol. The van der Waals surface area contributed by atoms with Crippen LogP contribution >= 0.6 is 22.7 Å². The van der Waals surface area contributed by atoms with E-state index in [-0.39, 0.29) is 0 Å². The zero-order valence-electron chi connectivity index (χ0n) is 18.2.